The highest BCUT2D eigenvalue weighted by atomic mass is 19.4. The average molecular weight is 380 g/mol. The van der Waals surface area contributed by atoms with Gasteiger partial charge in [-0.2, -0.15) is 9.80 Å². The first kappa shape index (κ1) is 20.0. The van der Waals surface area contributed by atoms with E-state index in [9.17, 15) is 52.7 Å². The highest BCUT2D eigenvalue weighted by molar-refractivity contribution is 5.72. The van der Waals surface area contributed by atoms with E-state index in [4.69, 9.17) is 0 Å². The Morgan fingerprint density at radius 3 is 0.833 bits per heavy atom. The average Bonchev–Trinajstić information content (AvgIpc) is 2.23. The van der Waals surface area contributed by atoms with Crippen LogP contribution in [-0.2, 0) is 0 Å². The van der Waals surface area contributed by atoms with Crippen LogP contribution in [0.2, 0.25) is 0 Å². The molecule has 0 radical (unpaired) electrons. The van der Waals surface area contributed by atoms with Gasteiger partial charge in [-0.1, -0.05) is 12.1 Å². The molecule has 0 atom stereocenters. The largest absolute Gasteiger partial charge is 0.491 e. The van der Waals surface area contributed by atoms with Gasteiger partial charge in [-0.25, -0.2) is 0 Å². The number of hydrogen-bond donors (Lipinski definition) is 0. The molecule has 1 aromatic carbocycles. The molecule has 1 aromatic rings. The Morgan fingerprint density at radius 2 is 0.667 bits per heavy atom. The van der Waals surface area contributed by atoms with E-state index in [0.717, 1.165) is 0 Å². The lowest BCUT2D eigenvalue weighted by atomic mass is 10.2. The van der Waals surface area contributed by atoms with Crippen molar-refractivity contribution in [3.05, 3.63) is 24.3 Å². The molecular formula is C10H4F12N2. The molecule has 1 rings (SSSR count). The summed E-state index contributed by atoms with van der Waals surface area (Å²) in [4.78, 5) is -4.89. The molecule has 0 aliphatic rings. The Balaban J connectivity index is 3.71. The molecule has 138 valence electrons. The fourth-order valence-electron chi connectivity index (χ4n) is 1.68. The minimum absolute atomic E-state index is 0.166. The molecular weight excluding hydrogens is 376 g/mol. The molecule has 0 bridgehead atoms. The lowest BCUT2D eigenvalue weighted by Gasteiger charge is -2.35. The Bertz CT molecular complexity index is 488. The van der Waals surface area contributed by atoms with Gasteiger partial charge in [-0.15, -0.1) is 52.7 Å². The maximum Gasteiger partial charge on any atom is 0.491 e. The Hall–Kier alpha value is -2.02. The van der Waals surface area contributed by atoms with E-state index in [1.807, 2.05) is 0 Å². The third-order valence-electron chi connectivity index (χ3n) is 2.38. The third kappa shape index (κ3) is 4.29. The van der Waals surface area contributed by atoms with E-state index >= 15 is 0 Å². The summed E-state index contributed by atoms with van der Waals surface area (Å²) >= 11 is 0. The van der Waals surface area contributed by atoms with E-state index < -0.39 is 46.4 Å². The summed E-state index contributed by atoms with van der Waals surface area (Å²) in [7, 11) is 0. The van der Waals surface area contributed by atoms with E-state index in [0.29, 0.717) is 12.1 Å². The van der Waals surface area contributed by atoms with Crippen LogP contribution in [0.15, 0.2) is 24.3 Å². The Labute approximate surface area is 124 Å². The van der Waals surface area contributed by atoms with Crippen LogP contribution in [0.25, 0.3) is 0 Å². The van der Waals surface area contributed by atoms with E-state index in [1.165, 1.54) is 0 Å². The van der Waals surface area contributed by atoms with Gasteiger partial charge in [0.2, 0.25) is 0 Å². The van der Waals surface area contributed by atoms with Gasteiger partial charge in [0.1, 0.15) is 0 Å². The molecule has 0 N–H and O–H groups in total. The molecule has 0 aliphatic carbocycles. The van der Waals surface area contributed by atoms with Gasteiger partial charge in [0.25, 0.3) is 0 Å². The van der Waals surface area contributed by atoms with Gasteiger partial charge < -0.3 is 0 Å². The summed E-state index contributed by atoms with van der Waals surface area (Å²) in [6.07, 6.45) is -25.3. The van der Waals surface area contributed by atoms with E-state index in [-0.39, 0.29) is 12.1 Å². The number of halogens is 12. The molecule has 14 heteroatoms. The predicted octanol–water partition coefficient (Wildman–Crippen LogP) is 5.38. The summed E-state index contributed by atoms with van der Waals surface area (Å²) < 4.78 is 151. The van der Waals surface area contributed by atoms with Crippen molar-refractivity contribution in [1.29, 1.82) is 0 Å². The van der Waals surface area contributed by atoms with Crippen LogP contribution in [0.3, 0.4) is 0 Å². The number of hydrogen-bond acceptors (Lipinski definition) is 2. The van der Waals surface area contributed by atoms with Crippen molar-refractivity contribution in [2.24, 2.45) is 0 Å². The zero-order valence-electron chi connectivity index (χ0n) is 10.7. The number of nitrogens with zero attached hydrogens (tertiary/aromatic N) is 2. The van der Waals surface area contributed by atoms with Gasteiger partial charge in [-0.05, 0) is 12.1 Å². The lowest BCUT2D eigenvalue weighted by Crippen LogP contribution is -2.52. The van der Waals surface area contributed by atoms with E-state index in [2.05, 4.69) is 0 Å². The summed E-state index contributed by atoms with van der Waals surface area (Å²) in [6.45, 7) is 0. The number of para-hydroxylation sites is 2. The van der Waals surface area contributed by atoms with Crippen molar-refractivity contribution in [2.75, 3.05) is 9.80 Å². The first-order valence-corrected chi connectivity index (χ1v) is 5.44. The normalized spacial score (nSPS) is 13.8. The quantitative estimate of drug-likeness (QED) is 0.502. The van der Waals surface area contributed by atoms with Crippen molar-refractivity contribution in [2.45, 2.75) is 25.2 Å². The maximum atomic E-state index is 12.6. The number of benzene rings is 1. The van der Waals surface area contributed by atoms with Crippen LogP contribution in [-0.4, -0.2) is 25.2 Å². The minimum atomic E-state index is -6.32. The maximum absolute atomic E-state index is 12.6. The minimum Gasteiger partial charge on any atom is -0.191 e. The molecule has 2 nitrogen and oxygen atoms in total. The highest BCUT2D eigenvalue weighted by Crippen LogP contribution is 2.47. The second-order valence-electron chi connectivity index (χ2n) is 4.03. The smallest absolute Gasteiger partial charge is 0.191 e. The van der Waals surface area contributed by atoms with Crippen molar-refractivity contribution < 1.29 is 52.7 Å². The van der Waals surface area contributed by atoms with Gasteiger partial charge in [0.15, 0.2) is 0 Å². The Kier molecular flexibility index (Phi) is 4.84. The molecule has 0 unspecified atom stereocenters. The summed E-state index contributed by atoms with van der Waals surface area (Å²) in [6, 6.07) is 0.518. The zero-order chi connectivity index (χ0) is 19.1. The summed E-state index contributed by atoms with van der Waals surface area (Å²) in [5.41, 5.74) is -4.76. The topological polar surface area (TPSA) is 6.48 Å². The second kappa shape index (κ2) is 5.81. The molecule has 0 aliphatic heterocycles. The zero-order valence-corrected chi connectivity index (χ0v) is 10.7. The first-order chi connectivity index (χ1) is 10.5. The lowest BCUT2D eigenvalue weighted by molar-refractivity contribution is -0.232. The first-order valence-electron chi connectivity index (χ1n) is 5.44. The van der Waals surface area contributed by atoms with Crippen molar-refractivity contribution in [3.63, 3.8) is 0 Å². The summed E-state index contributed by atoms with van der Waals surface area (Å²) in [5, 5.41) is 0. The van der Waals surface area contributed by atoms with Crippen LogP contribution in [0.5, 0.6) is 0 Å². The number of anilines is 2. The Morgan fingerprint density at radius 1 is 0.458 bits per heavy atom. The summed E-state index contributed by atoms with van der Waals surface area (Å²) in [5.74, 6) is 0. The number of alkyl halides is 12. The standard InChI is InChI=1S/C10H4F12N2/c11-7(12,13)23(8(14,15)16)5-3-1-2-4-6(5)24(9(17,18)19)10(20,21)22/h1-4H. The van der Waals surface area contributed by atoms with Gasteiger partial charge in [0, 0.05) is 0 Å². The third-order valence-corrected chi connectivity index (χ3v) is 2.38. The molecule has 0 amide bonds. The monoisotopic (exact) mass is 380 g/mol. The van der Waals surface area contributed by atoms with Crippen molar-refractivity contribution >= 4 is 11.4 Å². The molecule has 24 heavy (non-hydrogen) atoms. The van der Waals surface area contributed by atoms with Crippen LogP contribution >= 0.6 is 0 Å². The van der Waals surface area contributed by atoms with Gasteiger partial charge in [-0.3, -0.25) is 0 Å². The SMILES string of the molecule is FC(F)(F)N(c1ccccc1N(C(F)(F)F)C(F)(F)F)C(F)(F)F. The van der Waals surface area contributed by atoms with Crippen molar-refractivity contribution in [1.82, 2.24) is 0 Å². The highest BCUT2D eigenvalue weighted by Gasteiger charge is 2.59. The molecule has 0 fully saturated rings. The van der Waals surface area contributed by atoms with Crippen LogP contribution in [0, 0.1) is 0 Å². The van der Waals surface area contributed by atoms with Crippen LogP contribution in [0.4, 0.5) is 64.1 Å². The molecule has 0 saturated carbocycles. The molecule has 0 saturated heterocycles. The van der Waals surface area contributed by atoms with Crippen LogP contribution in [0.1, 0.15) is 0 Å². The van der Waals surface area contributed by atoms with Crippen LogP contribution < -0.4 is 9.80 Å². The van der Waals surface area contributed by atoms with Gasteiger partial charge in [0.05, 0.1) is 11.4 Å². The van der Waals surface area contributed by atoms with E-state index in [1.54, 1.807) is 0 Å². The second-order valence-corrected chi connectivity index (χ2v) is 4.03. The molecule has 0 aromatic heterocycles. The fourth-order valence-corrected chi connectivity index (χ4v) is 1.68. The fraction of sp³-hybridized carbons (Fsp3) is 0.400. The molecule has 0 heterocycles. The molecule has 0 spiro atoms. The number of rotatable bonds is 2. The van der Waals surface area contributed by atoms with Gasteiger partial charge >= 0.3 is 25.2 Å². The predicted molar refractivity (Wildman–Crippen MR) is 55.6 cm³/mol. The van der Waals surface area contributed by atoms with Crippen molar-refractivity contribution in [3.8, 4) is 0 Å².